The van der Waals surface area contributed by atoms with Crippen LogP contribution in [0.25, 0.3) is 0 Å². The van der Waals surface area contributed by atoms with E-state index in [-0.39, 0.29) is 16.6 Å². The highest BCUT2D eigenvalue weighted by Crippen LogP contribution is 2.29. The van der Waals surface area contributed by atoms with E-state index in [1.54, 1.807) is 43.3 Å². The fourth-order valence-corrected chi connectivity index (χ4v) is 4.55. The number of amides is 1. The van der Waals surface area contributed by atoms with Gasteiger partial charge in [0, 0.05) is 22.5 Å². The van der Waals surface area contributed by atoms with Crippen LogP contribution >= 0.6 is 15.9 Å². The molecule has 0 bridgehead atoms. The van der Waals surface area contributed by atoms with E-state index < -0.39 is 16.1 Å². The first-order valence-electron chi connectivity index (χ1n) is 8.87. The molecule has 2 N–H and O–H groups in total. The van der Waals surface area contributed by atoms with Gasteiger partial charge in [0.2, 0.25) is 0 Å². The molecule has 0 radical (unpaired) electrons. The van der Waals surface area contributed by atoms with Crippen molar-refractivity contribution >= 4 is 43.2 Å². The van der Waals surface area contributed by atoms with Crippen molar-refractivity contribution in [3.05, 3.63) is 46.9 Å². The molecule has 150 valence electrons. The van der Waals surface area contributed by atoms with Crippen LogP contribution in [0.5, 0.6) is 5.75 Å². The van der Waals surface area contributed by atoms with Gasteiger partial charge < -0.3 is 14.8 Å². The van der Waals surface area contributed by atoms with Gasteiger partial charge in [0.05, 0.1) is 6.61 Å². The molecule has 0 spiro atoms. The molecule has 0 unspecified atom stereocenters. The van der Waals surface area contributed by atoms with Gasteiger partial charge in [-0.15, -0.1) is 0 Å². The molecule has 1 fully saturated rings. The average molecular weight is 469 g/mol. The van der Waals surface area contributed by atoms with Crippen molar-refractivity contribution < 1.29 is 22.7 Å². The molecule has 0 aliphatic carbocycles. The fraction of sp³-hybridized carbons (Fsp3) is 0.316. The van der Waals surface area contributed by atoms with Crippen molar-refractivity contribution in [2.45, 2.75) is 30.8 Å². The molecule has 1 saturated heterocycles. The zero-order valence-electron chi connectivity index (χ0n) is 15.3. The van der Waals surface area contributed by atoms with Gasteiger partial charge in [-0.2, -0.15) is 0 Å². The highest BCUT2D eigenvalue weighted by Gasteiger charge is 2.24. The molecule has 2 aromatic rings. The lowest BCUT2D eigenvalue weighted by Gasteiger charge is -2.14. The number of hydrogen-bond donors (Lipinski definition) is 2. The number of sulfonamides is 1. The first kappa shape index (κ1) is 20.6. The highest BCUT2D eigenvalue weighted by atomic mass is 79.9. The van der Waals surface area contributed by atoms with Gasteiger partial charge in [0.25, 0.3) is 15.9 Å². The Bertz CT molecular complexity index is 941. The third-order valence-electron chi connectivity index (χ3n) is 4.12. The molecule has 1 heterocycles. The van der Waals surface area contributed by atoms with E-state index >= 15 is 0 Å². The number of ether oxygens (including phenoxy) is 2. The van der Waals surface area contributed by atoms with Crippen LogP contribution < -0.4 is 14.8 Å². The van der Waals surface area contributed by atoms with Gasteiger partial charge in [0.15, 0.2) is 0 Å². The zero-order valence-corrected chi connectivity index (χ0v) is 17.7. The maximum Gasteiger partial charge on any atom is 0.265 e. The van der Waals surface area contributed by atoms with Crippen molar-refractivity contribution in [3.63, 3.8) is 0 Å². The van der Waals surface area contributed by atoms with E-state index in [0.29, 0.717) is 35.5 Å². The lowest BCUT2D eigenvalue weighted by molar-refractivity contribution is -0.124. The summed E-state index contributed by atoms with van der Waals surface area (Å²) in [5.74, 6) is 0.0833. The molecule has 0 aromatic heterocycles. The largest absolute Gasteiger partial charge is 0.492 e. The minimum atomic E-state index is -3.85. The summed E-state index contributed by atoms with van der Waals surface area (Å²) in [6.07, 6.45) is 1.16. The maximum absolute atomic E-state index is 12.8. The second kappa shape index (κ2) is 8.93. The monoisotopic (exact) mass is 468 g/mol. The first-order chi connectivity index (χ1) is 13.4. The van der Waals surface area contributed by atoms with Gasteiger partial charge in [0.1, 0.15) is 16.7 Å². The third kappa shape index (κ3) is 5.03. The van der Waals surface area contributed by atoms with Gasteiger partial charge in [-0.1, -0.05) is 15.9 Å². The van der Waals surface area contributed by atoms with Crippen LogP contribution in [0.4, 0.5) is 11.4 Å². The summed E-state index contributed by atoms with van der Waals surface area (Å²) in [6.45, 7) is 2.73. The SMILES string of the molecule is CCOc1ccc(Br)cc1S(=O)(=O)Nc1ccc(NC(=O)[C@H]2CCCO2)cc1. The Labute approximate surface area is 172 Å². The zero-order chi connectivity index (χ0) is 20.1. The first-order valence-corrected chi connectivity index (χ1v) is 11.1. The molecule has 9 heteroatoms. The molecule has 28 heavy (non-hydrogen) atoms. The van der Waals surface area contributed by atoms with Gasteiger partial charge >= 0.3 is 0 Å². The Morgan fingerprint density at radius 1 is 1.21 bits per heavy atom. The summed E-state index contributed by atoms with van der Waals surface area (Å²) < 4.78 is 39.5. The Morgan fingerprint density at radius 2 is 1.93 bits per heavy atom. The minimum absolute atomic E-state index is 0.0412. The molecule has 7 nitrogen and oxygen atoms in total. The average Bonchev–Trinajstić information content (AvgIpc) is 3.19. The predicted molar refractivity (Wildman–Crippen MR) is 110 cm³/mol. The molecule has 1 aliphatic rings. The van der Waals surface area contributed by atoms with E-state index in [1.807, 2.05) is 0 Å². The molecular formula is C19H21BrN2O5S. The van der Waals surface area contributed by atoms with Crippen LogP contribution in [0.2, 0.25) is 0 Å². The summed E-state index contributed by atoms with van der Waals surface area (Å²) in [7, 11) is -3.85. The number of nitrogens with one attached hydrogen (secondary N) is 2. The molecule has 3 rings (SSSR count). The summed E-state index contributed by atoms with van der Waals surface area (Å²) in [4.78, 5) is 12.1. The van der Waals surface area contributed by atoms with E-state index in [4.69, 9.17) is 9.47 Å². The van der Waals surface area contributed by atoms with E-state index in [9.17, 15) is 13.2 Å². The summed E-state index contributed by atoms with van der Waals surface area (Å²) in [5, 5.41) is 2.77. The standard InChI is InChI=1S/C19H21BrN2O5S/c1-2-26-16-10-5-13(20)12-18(16)28(24,25)22-15-8-6-14(7-9-15)21-19(23)17-4-3-11-27-17/h5-10,12,17,22H,2-4,11H2,1H3,(H,21,23)/t17-/m1/s1. The normalized spacial score (nSPS) is 16.6. The number of anilines is 2. The summed E-state index contributed by atoms with van der Waals surface area (Å²) in [5.41, 5.74) is 0.943. The van der Waals surface area contributed by atoms with Crippen molar-refractivity contribution in [3.8, 4) is 5.75 Å². The molecule has 1 amide bonds. The summed E-state index contributed by atoms with van der Waals surface area (Å²) in [6, 6.07) is 11.2. The molecule has 1 aliphatic heterocycles. The number of hydrogen-bond acceptors (Lipinski definition) is 5. The van der Waals surface area contributed by atoms with E-state index in [2.05, 4.69) is 26.0 Å². The Balaban J connectivity index is 1.72. The maximum atomic E-state index is 12.8. The molecule has 1 atom stereocenters. The Kier molecular flexibility index (Phi) is 6.58. The number of carbonyl (C=O) groups excluding carboxylic acids is 1. The van der Waals surface area contributed by atoms with Crippen LogP contribution in [0.1, 0.15) is 19.8 Å². The van der Waals surface area contributed by atoms with Crippen molar-refractivity contribution in [2.24, 2.45) is 0 Å². The Hall–Kier alpha value is -2.10. The number of halogens is 1. The Morgan fingerprint density at radius 3 is 2.57 bits per heavy atom. The fourth-order valence-electron chi connectivity index (χ4n) is 2.81. The van der Waals surface area contributed by atoms with E-state index in [0.717, 1.165) is 6.42 Å². The smallest absolute Gasteiger partial charge is 0.265 e. The van der Waals surface area contributed by atoms with Gasteiger partial charge in [-0.3, -0.25) is 9.52 Å². The molecular weight excluding hydrogens is 448 g/mol. The quantitative estimate of drug-likeness (QED) is 0.644. The van der Waals surface area contributed by atoms with Crippen LogP contribution in [-0.2, 0) is 19.6 Å². The predicted octanol–water partition coefficient (Wildman–Crippen LogP) is 3.77. The number of rotatable bonds is 7. The lowest BCUT2D eigenvalue weighted by Crippen LogP contribution is -2.26. The van der Waals surface area contributed by atoms with Gasteiger partial charge in [-0.05, 0) is 62.2 Å². The van der Waals surface area contributed by atoms with Crippen molar-refractivity contribution in [2.75, 3.05) is 23.3 Å². The number of benzene rings is 2. The highest BCUT2D eigenvalue weighted by molar-refractivity contribution is 9.10. The molecule has 0 saturated carbocycles. The second-order valence-corrected chi connectivity index (χ2v) is 8.76. The van der Waals surface area contributed by atoms with Crippen molar-refractivity contribution in [1.29, 1.82) is 0 Å². The molecule has 2 aromatic carbocycles. The van der Waals surface area contributed by atoms with Gasteiger partial charge in [-0.25, -0.2) is 8.42 Å². The van der Waals surface area contributed by atoms with Crippen molar-refractivity contribution in [1.82, 2.24) is 0 Å². The number of carbonyl (C=O) groups is 1. The van der Waals surface area contributed by atoms with Crippen LogP contribution in [0, 0.1) is 0 Å². The van der Waals surface area contributed by atoms with E-state index in [1.165, 1.54) is 6.07 Å². The van der Waals surface area contributed by atoms with Crippen LogP contribution in [0.15, 0.2) is 51.8 Å². The van der Waals surface area contributed by atoms with Crippen LogP contribution in [-0.4, -0.2) is 33.6 Å². The lowest BCUT2D eigenvalue weighted by atomic mass is 10.2. The topological polar surface area (TPSA) is 93.7 Å². The third-order valence-corrected chi connectivity index (χ3v) is 6.02. The summed E-state index contributed by atoms with van der Waals surface area (Å²) >= 11 is 3.29. The minimum Gasteiger partial charge on any atom is -0.492 e. The second-order valence-electron chi connectivity index (χ2n) is 6.20. The van der Waals surface area contributed by atoms with Crippen LogP contribution in [0.3, 0.4) is 0 Å².